The second kappa shape index (κ2) is 6.11. The summed E-state index contributed by atoms with van der Waals surface area (Å²) in [7, 11) is 0. The summed E-state index contributed by atoms with van der Waals surface area (Å²) in [6, 6.07) is 3.30. The van der Waals surface area contributed by atoms with E-state index >= 15 is 0 Å². The summed E-state index contributed by atoms with van der Waals surface area (Å²) in [5.41, 5.74) is 5.96. The SMILES string of the molecule is CC[C@H](N)C(=O)Nc1ccc(F)c(NC(C)=O)c1. The minimum atomic E-state index is -0.612. The van der Waals surface area contributed by atoms with Crippen LogP contribution in [0.4, 0.5) is 15.8 Å². The molecule has 4 N–H and O–H groups in total. The van der Waals surface area contributed by atoms with Gasteiger partial charge in [0.25, 0.3) is 0 Å². The first kappa shape index (κ1) is 14.1. The molecule has 0 unspecified atom stereocenters. The molecule has 1 atom stereocenters. The summed E-state index contributed by atoms with van der Waals surface area (Å²) < 4.78 is 13.3. The van der Waals surface area contributed by atoms with Gasteiger partial charge in [-0.1, -0.05) is 6.92 Å². The van der Waals surface area contributed by atoms with E-state index in [1.54, 1.807) is 6.92 Å². The van der Waals surface area contributed by atoms with Gasteiger partial charge in [0.05, 0.1) is 11.7 Å². The molecule has 0 aliphatic rings. The lowest BCUT2D eigenvalue weighted by Gasteiger charge is -2.11. The second-order valence-corrected chi connectivity index (χ2v) is 3.88. The maximum absolute atomic E-state index is 13.3. The Balaban J connectivity index is 2.85. The van der Waals surface area contributed by atoms with Crippen LogP contribution in [0.3, 0.4) is 0 Å². The molecule has 2 amide bonds. The third-order valence-electron chi connectivity index (χ3n) is 2.32. The van der Waals surface area contributed by atoms with Crippen LogP contribution in [0.5, 0.6) is 0 Å². The standard InChI is InChI=1S/C12H16FN3O2/c1-3-10(14)12(18)16-8-4-5-9(13)11(6-8)15-7(2)17/h4-6,10H,3,14H2,1-2H3,(H,15,17)(H,16,18)/t10-/m0/s1. The average molecular weight is 253 g/mol. The number of hydrogen-bond donors (Lipinski definition) is 3. The van der Waals surface area contributed by atoms with Crippen molar-refractivity contribution in [2.24, 2.45) is 5.73 Å². The molecule has 0 heterocycles. The number of benzene rings is 1. The summed E-state index contributed by atoms with van der Waals surface area (Å²) in [5.74, 6) is -1.30. The Hall–Kier alpha value is -1.95. The van der Waals surface area contributed by atoms with E-state index in [4.69, 9.17) is 5.73 Å². The maximum Gasteiger partial charge on any atom is 0.241 e. The van der Waals surface area contributed by atoms with Gasteiger partial charge in [0.2, 0.25) is 11.8 Å². The van der Waals surface area contributed by atoms with Crippen LogP contribution in [0.25, 0.3) is 0 Å². The fourth-order valence-electron chi connectivity index (χ4n) is 1.31. The van der Waals surface area contributed by atoms with Gasteiger partial charge in [0.15, 0.2) is 0 Å². The van der Waals surface area contributed by atoms with Gasteiger partial charge in [0.1, 0.15) is 5.82 Å². The highest BCUT2D eigenvalue weighted by Crippen LogP contribution is 2.19. The quantitative estimate of drug-likeness (QED) is 0.759. The van der Waals surface area contributed by atoms with Gasteiger partial charge < -0.3 is 16.4 Å². The lowest BCUT2D eigenvalue weighted by molar-refractivity contribution is -0.117. The molecule has 0 aliphatic carbocycles. The summed E-state index contributed by atoms with van der Waals surface area (Å²) in [6.07, 6.45) is 0.506. The summed E-state index contributed by atoms with van der Waals surface area (Å²) in [6.45, 7) is 3.06. The third kappa shape index (κ3) is 3.81. The van der Waals surface area contributed by atoms with Crippen LogP contribution in [0.2, 0.25) is 0 Å². The molecule has 0 spiro atoms. The molecule has 5 nitrogen and oxygen atoms in total. The molecule has 0 radical (unpaired) electrons. The van der Waals surface area contributed by atoms with Crippen molar-refractivity contribution < 1.29 is 14.0 Å². The average Bonchev–Trinajstić information content (AvgIpc) is 2.31. The minimum absolute atomic E-state index is 0.0189. The van der Waals surface area contributed by atoms with E-state index in [0.29, 0.717) is 12.1 Å². The molecule has 1 rings (SSSR count). The minimum Gasteiger partial charge on any atom is -0.325 e. The lowest BCUT2D eigenvalue weighted by Crippen LogP contribution is -2.34. The highest BCUT2D eigenvalue weighted by atomic mass is 19.1. The highest BCUT2D eigenvalue weighted by Gasteiger charge is 2.12. The Morgan fingerprint density at radius 1 is 1.39 bits per heavy atom. The lowest BCUT2D eigenvalue weighted by atomic mass is 10.2. The van der Waals surface area contributed by atoms with E-state index in [0.717, 1.165) is 0 Å². The van der Waals surface area contributed by atoms with Crippen molar-refractivity contribution >= 4 is 23.2 Å². The summed E-state index contributed by atoms with van der Waals surface area (Å²) >= 11 is 0. The van der Waals surface area contributed by atoms with Crippen LogP contribution in [0.1, 0.15) is 20.3 Å². The van der Waals surface area contributed by atoms with Crippen molar-refractivity contribution in [1.82, 2.24) is 0 Å². The fraction of sp³-hybridized carbons (Fsp3) is 0.333. The van der Waals surface area contributed by atoms with Crippen LogP contribution in [-0.2, 0) is 9.59 Å². The molecule has 0 fully saturated rings. The highest BCUT2D eigenvalue weighted by molar-refractivity contribution is 5.96. The van der Waals surface area contributed by atoms with Crippen molar-refractivity contribution in [3.8, 4) is 0 Å². The Labute approximate surface area is 105 Å². The van der Waals surface area contributed by atoms with Crippen molar-refractivity contribution in [3.63, 3.8) is 0 Å². The summed E-state index contributed by atoms with van der Waals surface area (Å²) in [5, 5.41) is 4.88. The van der Waals surface area contributed by atoms with Crippen molar-refractivity contribution in [2.45, 2.75) is 26.3 Å². The number of carbonyl (C=O) groups excluding carboxylic acids is 2. The smallest absolute Gasteiger partial charge is 0.241 e. The Morgan fingerprint density at radius 3 is 2.61 bits per heavy atom. The number of amides is 2. The van der Waals surface area contributed by atoms with Gasteiger partial charge in [-0.3, -0.25) is 9.59 Å². The molecule has 0 bridgehead atoms. The fourth-order valence-corrected chi connectivity index (χ4v) is 1.31. The Morgan fingerprint density at radius 2 is 2.06 bits per heavy atom. The number of hydrogen-bond acceptors (Lipinski definition) is 3. The van der Waals surface area contributed by atoms with E-state index in [1.807, 2.05) is 0 Å². The molecular weight excluding hydrogens is 237 g/mol. The van der Waals surface area contributed by atoms with Crippen LogP contribution < -0.4 is 16.4 Å². The number of rotatable bonds is 4. The molecule has 1 aromatic carbocycles. The van der Waals surface area contributed by atoms with E-state index in [-0.39, 0.29) is 17.5 Å². The molecule has 0 aliphatic heterocycles. The Bertz CT molecular complexity index is 463. The number of nitrogens with two attached hydrogens (primary N) is 1. The molecule has 0 saturated carbocycles. The number of nitrogens with one attached hydrogen (secondary N) is 2. The number of anilines is 2. The van der Waals surface area contributed by atoms with Crippen LogP contribution in [-0.4, -0.2) is 17.9 Å². The first-order valence-electron chi connectivity index (χ1n) is 5.57. The molecule has 0 aromatic heterocycles. The van der Waals surface area contributed by atoms with Gasteiger partial charge in [-0.25, -0.2) is 4.39 Å². The first-order chi connectivity index (χ1) is 8.43. The van der Waals surface area contributed by atoms with E-state index in [2.05, 4.69) is 10.6 Å². The molecular formula is C12H16FN3O2. The molecule has 98 valence electrons. The second-order valence-electron chi connectivity index (χ2n) is 3.88. The predicted molar refractivity (Wildman–Crippen MR) is 67.6 cm³/mol. The van der Waals surface area contributed by atoms with Crippen molar-refractivity contribution in [1.29, 1.82) is 0 Å². The normalized spacial score (nSPS) is 11.8. The van der Waals surface area contributed by atoms with E-state index in [9.17, 15) is 14.0 Å². The van der Waals surface area contributed by atoms with Crippen LogP contribution in [0, 0.1) is 5.82 Å². The van der Waals surface area contributed by atoms with E-state index in [1.165, 1.54) is 25.1 Å². The zero-order chi connectivity index (χ0) is 13.7. The first-order valence-corrected chi connectivity index (χ1v) is 5.57. The molecule has 1 aromatic rings. The monoisotopic (exact) mass is 253 g/mol. The molecule has 0 saturated heterocycles. The van der Waals surface area contributed by atoms with E-state index < -0.39 is 11.9 Å². The van der Waals surface area contributed by atoms with Gasteiger partial charge in [-0.2, -0.15) is 0 Å². The van der Waals surface area contributed by atoms with Gasteiger partial charge >= 0.3 is 0 Å². The molecule has 18 heavy (non-hydrogen) atoms. The predicted octanol–water partition coefficient (Wildman–Crippen LogP) is 1.46. The molecule has 6 heteroatoms. The topological polar surface area (TPSA) is 84.2 Å². The van der Waals surface area contributed by atoms with Crippen LogP contribution >= 0.6 is 0 Å². The van der Waals surface area contributed by atoms with Crippen molar-refractivity contribution in [3.05, 3.63) is 24.0 Å². The zero-order valence-electron chi connectivity index (χ0n) is 10.3. The third-order valence-corrected chi connectivity index (χ3v) is 2.32. The van der Waals surface area contributed by atoms with Gasteiger partial charge in [0, 0.05) is 12.6 Å². The number of halogens is 1. The van der Waals surface area contributed by atoms with Gasteiger partial charge in [-0.05, 0) is 24.6 Å². The van der Waals surface area contributed by atoms with Crippen LogP contribution in [0.15, 0.2) is 18.2 Å². The summed E-state index contributed by atoms with van der Waals surface area (Å²) in [4.78, 5) is 22.4. The van der Waals surface area contributed by atoms with Crippen molar-refractivity contribution in [2.75, 3.05) is 10.6 Å². The largest absolute Gasteiger partial charge is 0.325 e. The Kier molecular flexibility index (Phi) is 4.79. The number of carbonyl (C=O) groups is 2. The maximum atomic E-state index is 13.3. The van der Waals surface area contributed by atoms with Gasteiger partial charge in [-0.15, -0.1) is 0 Å². The zero-order valence-corrected chi connectivity index (χ0v) is 10.3.